The van der Waals surface area contributed by atoms with Crippen molar-refractivity contribution >= 4 is 11.8 Å². The van der Waals surface area contributed by atoms with Crippen LogP contribution in [0.25, 0.3) is 0 Å². The Hall–Kier alpha value is -2.06. The zero-order valence-corrected chi connectivity index (χ0v) is 14.1. The average molecular weight is 333 g/mol. The van der Waals surface area contributed by atoms with E-state index in [0.717, 1.165) is 5.69 Å². The van der Waals surface area contributed by atoms with E-state index >= 15 is 0 Å². The van der Waals surface area contributed by atoms with Crippen LogP contribution in [-0.2, 0) is 4.79 Å². The molecule has 0 spiro atoms. The van der Waals surface area contributed by atoms with Crippen molar-refractivity contribution in [1.29, 1.82) is 0 Å². The second kappa shape index (κ2) is 6.82. The Kier molecular flexibility index (Phi) is 4.77. The molecule has 0 aromatic carbocycles. The van der Waals surface area contributed by atoms with Crippen LogP contribution in [-0.4, -0.2) is 93.0 Å². The topological polar surface area (TPSA) is 89.9 Å². The molecule has 8 nitrogen and oxygen atoms in total. The van der Waals surface area contributed by atoms with Crippen LogP contribution in [0.1, 0.15) is 23.1 Å². The summed E-state index contributed by atoms with van der Waals surface area (Å²) in [5, 5.41) is 10.4. The van der Waals surface area contributed by atoms with Gasteiger partial charge < -0.3 is 14.9 Å². The van der Waals surface area contributed by atoms with Gasteiger partial charge in [-0.2, -0.15) is 0 Å². The Balaban J connectivity index is 1.61. The Bertz CT molecular complexity index is 613. The summed E-state index contributed by atoms with van der Waals surface area (Å²) in [6.45, 7) is 6.91. The van der Waals surface area contributed by atoms with E-state index in [1.807, 2.05) is 11.8 Å². The summed E-state index contributed by atoms with van der Waals surface area (Å²) in [4.78, 5) is 37.7. The van der Waals surface area contributed by atoms with Gasteiger partial charge in [-0.15, -0.1) is 0 Å². The molecule has 0 unspecified atom stereocenters. The Morgan fingerprint density at radius 2 is 1.79 bits per heavy atom. The quantitative estimate of drug-likeness (QED) is 0.757. The lowest BCUT2D eigenvalue weighted by molar-refractivity contribution is -0.131. The standard InChI is InChI=1S/C16H23N5O3/c1-11-7-18-13(8-17-11)16(24)21-9-14(15(23)10-21)20-5-3-19(4-6-20)12(2)22/h7-8,14-15,23H,3-6,9-10H2,1-2H3/t14-,15-/m1/s1. The Morgan fingerprint density at radius 3 is 2.38 bits per heavy atom. The third-order valence-electron chi connectivity index (χ3n) is 4.77. The average Bonchev–Trinajstić information content (AvgIpc) is 2.97. The van der Waals surface area contributed by atoms with Gasteiger partial charge in [-0.25, -0.2) is 4.98 Å². The number of rotatable bonds is 2. The number of hydrogen-bond acceptors (Lipinski definition) is 6. The molecule has 0 bridgehead atoms. The van der Waals surface area contributed by atoms with Crippen molar-refractivity contribution in [3.63, 3.8) is 0 Å². The highest BCUT2D eigenvalue weighted by molar-refractivity contribution is 5.92. The first kappa shape index (κ1) is 16.8. The highest BCUT2D eigenvalue weighted by atomic mass is 16.3. The second-order valence-electron chi connectivity index (χ2n) is 6.43. The number of carbonyl (C=O) groups excluding carboxylic acids is 2. The fourth-order valence-corrected chi connectivity index (χ4v) is 3.33. The Labute approximate surface area is 141 Å². The highest BCUT2D eigenvalue weighted by Gasteiger charge is 2.39. The van der Waals surface area contributed by atoms with E-state index in [-0.39, 0.29) is 17.9 Å². The number of piperazine rings is 1. The minimum absolute atomic E-state index is 0.0800. The van der Waals surface area contributed by atoms with E-state index in [4.69, 9.17) is 0 Å². The van der Waals surface area contributed by atoms with Crippen LogP contribution < -0.4 is 0 Å². The number of aliphatic hydroxyl groups is 1. The fourth-order valence-electron chi connectivity index (χ4n) is 3.33. The summed E-state index contributed by atoms with van der Waals surface area (Å²) in [6.07, 6.45) is 2.46. The molecule has 1 N–H and O–H groups in total. The Morgan fingerprint density at radius 1 is 1.08 bits per heavy atom. The molecule has 2 aliphatic heterocycles. The van der Waals surface area contributed by atoms with Gasteiger partial charge in [0, 0.05) is 52.4 Å². The summed E-state index contributed by atoms with van der Waals surface area (Å²) in [5.74, 6) is -0.122. The van der Waals surface area contributed by atoms with E-state index in [1.165, 1.54) is 6.20 Å². The molecule has 130 valence electrons. The number of aryl methyl sites for hydroxylation is 1. The van der Waals surface area contributed by atoms with Crippen molar-refractivity contribution in [3.05, 3.63) is 23.8 Å². The van der Waals surface area contributed by atoms with Crippen molar-refractivity contribution in [2.45, 2.75) is 26.0 Å². The SMILES string of the molecule is CC(=O)N1CCN([C@@H]2CN(C(=O)c3cnc(C)cn3)C[C@H]2O)CC1. The van der Waals surface area contributed by atoms with Crippen LogP contribution in [0.4, 0.5) is 0 Å². The number of amides is 2. The van der Waals surface area contributed by atoms with E-state index in [2.05, 4.69) is 14.9 Å². The predicted molar refractivity (Wildman–Crippen MR) is 86.3 cm³/mol. The van der Waals surface area contributed by atoms with Gasteiger partial charge in [0.15, 0.2) is 0 Å². The molecule has 3 rings (SSSR count). The molecule has 24 heavy (non-hydrogen) atoms. The first-order valence-electron chi connectivity index (χ1n) is 8.21. The van der Waals surface area contributed by atoms with Gasteiger partial charge in [-0.05, 0) is 6.92 Å². The number of β-amino-alcohol motifs (C(OH)–C–C–N with tert-alkyl or cyclic N) is 1. The molecule has 1 aromatic rings. The zero-order valence-electron chi connectivity index (χ0n) is 14.1. The monoisotopic (exact) mass is 333 g/mol. The van der Waals surface area contributed by atoms with Gasteiger partial charge in [0.25, 0.3) is 5.91 Å². The van der Waals surface area contributed by atoms with Gasteiger partial charge in [0.1, 0.15) is 5.69 Å². The zero-order chi connectivity index (χ0) is 17.3. The minimum Gasteiger partial charge on any atom is -0.390 e. The van der Waals surface area contributed by atoms with Gasteiger partial charge in [-0.3, -0.25) is 19.5 Å². The molecule has 0 radical (unpaired) electrons. The van der Waals surface area contributed by atoms with Crippen molar-refractivity contribution in [2.24, 2.45) is 0 Å². The van der Waals surface area contributed by atoms with Crippen LogP contribution in [0.5, 0.6) is 0 Å². The first-order chi connectivity index (χ1) is 11.5. The van der Waals surface area contributed by atoms with Crippen molar-refractivity contribution in [2.75, 3.05) is 39.3 Å². The van der Waals surface area contributed by atoms with E-state index in [1.54, 1.807) is 18.0 Å². The third-order valence-corrected chi connectivity index (χ3v) is 4.77. The molecular formula is C16H23N5O3. The number of aliphatic hydroxyl groups excluding tert-OH is 1. The summed E-state index contributed by atoms with van der Waals surface area (Å²) in [5.41, 5.74) is 1.06. The van der Waals surface area contributed by atoms with Crippen molar-refractivity contribution in [1.82, 2.24) is 24.7 Å². The van der Waals surface area contributed by atoms with Gasteiger partial charge >= 0.3 is 0 Å². The molecule has 2 amide bonds. The summed E-state index contributed by atoms with van der Waals surface area (Å²) in [7, 11) is 0. The van der Waals surface area contributed by atoms with E-state index in [9.17, 15) is 14.7 Å². The minimum atomic E-state index is -0.587. The molecule has 2 atom stereocenters. The number of nitrogens with zero attached hydrogens (tertiary/aromatic N) is 5. The van der Waals surface area contributed by atoms with E-state index < -0.39 is 6.10 Å². The van der Waals surface area contributed by atoms with Gasteiger partial charge in [0.2, 0.25) is 5.91 Å². The van der Waals surface area contributed by atoms with Gasteiger partial charge in [-0.1, -0.05) is 0 Å². The lowest BCUT2D eigenvalue weighted by Gasteiger charge is -2.38. The smallest absolute Gasteiger partial charge is 0.274 e. The lowest BCUT2D eigenvalue weighted by Crippen LogP contribution is -2.54. The van der Waals surface area contributed by atoms with Crippen LogP contribution in [0.15, 0.2) is 12.4 Å². The number of hydrogen-bond donors (Lipinski definition) is 1. The maximum absolute atomic E-state index is 12.5. The van der Waals surface area contributed by atoms with Crippen molar-refractivity contribution < 1.29 is 14.7 Å². The van der Waals surface area contributed by atoms with Crippen LogP contribution in [0.2, 0.25) is 0 Å². The first-order valence-corrected chi connectivity index (χ1v) is 8.21. The van der Waals surface area contributed by atoms with Crippen LogP contribution >= 0.6 is 0 Å². The number of likely N-dealkylation sites (tertiary alicyclic amines) is 1. The van der Waals surface area contributed by atoms with Crippen LogP contribution in [0, 0.1) is 6.92 Å². The molecular weight excluding hydrogens is 310 g/mol. The van der Waals surface area contributed by atoms with Gasteiger partial charge in [0.05, 0.1) is 24.0 Å². The molecule has 2 saturated heterocycles. The maximum atomic E-state index is 12.5. The maximum Gasteiger partial charge on any atom is 0.274 e. The molecule has 1 aromatic heterocycles. The molecule has 0 aliphatic carbocycles. The summed E-state index contributed by atoms with van der Waals surface area (Å²) in [6, 6.07) is -0.0959. The second-order valence-corrected chi connectivity index (χ2v) is 6.43. The van der Waals surface area contributed by atoms with Crippen molar-refractivity contribution in [3.8, 4) is 0 Å². The molecule has 8 heteroatoms. The largest absolute Gasteiger partial charge is 0.390 e. The number of carbonyl (C=O) groups is 2. The normalized spacial score (nSPS) is 25.1. The summed E-state index contributed by atoms with van der Waals surface area (Å²) < 4.78 is 0. The molecule has 2 fully saturated rings. The van der Waals surface area contributed by atoms with Crippen LogP contribution in [0.3, 0.4) is 0 Å². The highest BCUT2D eigenvalue weighted by Crippen LogP contribution is 2.20. The fraction of sp³-hybridized carbons (Fsp3) is 0.625. The third kappa shape index (κ3) is 3.39. The molecule has 0 saturated carbocycles. The van der Waals surface area contributed by atoms with E-state index in [0.29, 0.717) is 45.0 Å². The predicted octanol–water partition coefficient (Wildman–Crippen LogP) is -0.866. The molecule has 3 heterocycles. The number of aromatic nitrogens is 2. The summed E-state index contributed by atoms with van der Waals surface area (Å²) >= 11 is 0. The molecule has 2 aliphatic rings. The lowest BCUT2D eigenvalue weighted by atomic mass is 10.1.